The molecule has 1 aliphatic carbocycles. The van der Waals surface area contributed by atoms with Crippen molar-refractivity contribution in [1.82, 2.24) is 26.2 Å². The fourth-order valence-corrected chi connectivity index (χ4v) is 7.81. The Morgan fingerprint density at radius 2 is 1.33 bits per heavy atom. The molecule has 7 unspecified atom stereocenters. The van der Waals surface area contributed by atoms with Gasteiger partial charge in [-0.05, 0) is 47.0 Å². The van der Waals surface area contributed by atoms with Gasteiger partial charge in [-0.1, -0.05) is 67.1 Å². The minimum atomic E-state index is 0.330. The molecule has 4 N–H and O–H groups in total. The zero-order valence-electron chi connectivity index (χ0n) is 19.2. The highest BCUT2D eigenvalue weighted by Crippen LogP contribution is 2.52. The van der Waals surface area contributed by atoms with Crippen molar-refractivity contribution in [1.29, 1.82) is 0 Å². The number of nitrogens with one attached hydrogen (secondary N) is 4. The van der Waals surface area contributed by atoms with Crippen LogP contribution >= 0.6 is 0 Å². The Morgan fingerprint density at radius 1 is 0.697 bits per heavy atom. The van der Waals surface area contributed by atoms with Gasteiger partial charge in [-0.2, -0.15) is 0 Å². The number of rotatable bonds is 2. The van der Waals surface area contributed by atoms with Gasteiger partial charge in [0.2, 0.25) is 0 Å². The first-order chi connectivity index (χ1) is 16.4. The van der Waals surface area contributed by atoms with Crippen LogP contribution in [0.2, 0.25) is 0 Å². The van der Waals surface area contributed by atoms with Crippen LogP contribution in [0.4, 0.5) is 0 Å². The lowest BCUT2D eigenvalue weighted by Gasteiger charge is -2.55. The second kappa shape index (κ2) is 8.33. The van der Waals surface area contributed by atoms with Gasteiger partial charge in [0, 0.05) is 38.3 Å². The average molecular weight is 442 g/mol. The maximum absolute atomic E-state index is 3.99. The Kier molecular flexibility index (Phi) is 5.14. The molecule has 7 atom stereocenters. The third-order valence-corrected chi connectivity index (χ3v) is 8.86. The van der Waals surface area contributed by atoms with Gasteiger partial charge in [0.1, 0.15) is 0 Å². The highest BCUT2D eigenvalue weighted by atomic mass is 15.5. The van der Waals surface area contributed by atoms with Crippen LogP contribution in [0.5, 0.6) is 0 Å². The largest absolute Gasteiger partial charge is 0.310 e. The molecule has 5 fully saturated rings. The predicted octanol–water partition coefficient (Wildman–Crippen LogP) is 2.38. The third kappa shape index (κ3) is 3.17. The van der Waals surface area contributed by atoms with Crippen LogP contribution < -0.4 is 21.3 Å². The van der Waals surface area contributed by atoms with E-state index in [1.54, 1.807) is 5.57 Å². The van der Waals surface area contributed by atoms with E-state index in [2.05, 4.69) is 86.8 Å². The molecule has 1 saturated carbocycles. The lowest BCUT2D eigenvalue weighted by molar-refractivity contribution is -0.00938. The summed E-state index contributed by atoms with van der Waals surface area (Å²) >= 11 is 0. The maximum atomic E-state index is 3.99. The summed E-state index contributed by atoms with van der Waals surface area (Å²) in [5.74, 6) is 1.30. The summed E-state index contributed by atoms with van der Waals surface area (Å²) in [5, 5.41) is 15.8. The van der Waals surface area contributed by atoms with Crippen molar-refractivity contribution < 1.29 is 0 Å². The summed E-state index contributed by atoms with van der Waals surface area (Å²) in [4.78, 5) is 2.86. The Morgan fingerprint density at radius 3 is 2.06 bits per heavy atom. The van der Waals surface area contributed by atoms with Gasteiger partial charge in [0.05, 0.1) is 18.4 Å². The standard InChI is InChI=1S/C28H35N5/c1-3-8-18(9-4-1)22(19-10-5-2-6-11-19)23-20-12-7-13-21-24-27(31-16-14-29-24)33(26(20)21)28-25(23)30-15-17-32-28/h1-6,8-11,20-21,24-32H,7,12-17H2. The van der Waals surface area contributed by atoms with Crippen LogP contribution in [0.25, 0.3) is 5.57 Å². The Balaban J connectivity index is 1.45. The topological polar surface area (TPSA) is 51.4 Å². The molecule has 7 rings (SSSR count). The van der Waals surface area contributed by atoms with Gasteiger partial charge in [-0.15, -0.1) is 0 Å². The van der Waals surface area contributed by atoms with Crippen molar-refractivity contribution >= 4 is 5.57 Å². The fourth-order valence-electron chi connectivity index (χ4n) is 7.81. The van der Waals surface area contributed by atoms with Crippen molar-refractivity contribution in [2.45, 2.75) is 49.7 Å². The van der Waals surface area contributed by atoms with Gasteiger partial charge in [-0.3, -0.25) is 15.5 Å². The van der Waals surface area contributed by atoms with Crippen LogP contribution in [0, 0.1) is 11.8 Å². The van der Waals surface area contributed by atoms with E-state index >= 15 is 0 Å². The number of hydrogen-bond acceptors (Lipinski definition) is 5. The normalized spacial score (nSPS) is 37.7. The zero-order chi connectivity index (χ0) is 21.8. The van der Waals surface area contributed by atoms with Crippen LogP contribution in [-0.4, -0.2) is 61.5 Å². The molecule has 2 aromatic rings. The van der Waals surface area contributed by atoms with E-state index in [-0.39, 0.29) is 0 Å². The SMILES string of the molecule is c1ccc(C(=C2C3CCCC4C5NCCNC5N(C5NCCNC25)C34)c2ccccc2)cc1. The van der Waals surface area contributed by atoms with Crippen molar-refractivity contribution in [2.24, 2.45) is 11.8 Å². The minimum Gasteiger partial charge on any atom is -0.310 e. The molecule has 5 nitrogen and oxygen atoms in total. The summed E-state index contributed by atoms with van der Waals surface area (Å²) in [5.41, 5.74) is 5.82. The first kappa shape index (κ1) is 20.4. The molecule has 0 amide bonds. The molecule has 2 aromatic carbocycles. The molecule has 4 heterocycles. The lowest BCUT2D eigenvalue weighted by Crippen LogP contribution is -2.73. The van der Waals surface area contributed by atoms with Gasteiger partial charge in [0.15, 0.2) is 0 Å². The number of piperazine rings is 2. The minimum absolute atomic E-state index is 0.330. The fraction of sp³-hybridized carbons (Fsp3) is 0.500. The number of fused-ring (bicyclic) bond motifs is 5. The second-order valence-corrected chi connectivity index (χ2v) is 10.4. The molecule has 0 radical (unpaired) electrons. The Hall–Kier alpha value is -2.02. The van der Waals surface area contributed by atoms with E-state index in [0.29, 0.717) is 42.3 Å². The molecule has 0 aromatic heterocycles. The quantitative estimate of drug-likeness (QED) is 0.577. The van der Waals surface area contributed by atoms with Crippen molar-refractivity contribution in [3.05, 3.63) is 77.4 Å². The van der Waals surface area contributed by atoms with Crippen LogP contribution in [0.1, 0.15) is 30.4 Å². The molecule has 172 valence electrons. The average Bonchev–Trinajstić information content (AvgIpc) is 3.23. The number of piperidine rings is 1. The van der Waals surface area contributed by atoms with E-state index in [9.17, 15) is 0 Å². The Labute approximate surface area is 197 Å². The molecule has 4 aliphatic heterocycles. The monoisotopic (exact) mass is 441 g/mol. The first-order valence-corrected chi connectivity index (χ1v) is 13.0. The summed E-state index contributed by atoms with van der Waals surface area (Å²) in [6, 6.07) is 23.8. The van der Waals surface area contributed by atoms with Gasteiger partial charge >= 0.3 is 0 Å². The molecular formula is C28H35N5. The van der Waals surface area contributed by atoms with Gasteiger partial charge in [0.25, 0.3) is 0 Å². The molecule has 5 aliphatic rings. The molecule has 5 heteroatoms. The number of benzene rings is 2. The first-order valence-electron chi connectivity index (χ1n) is 13.0. The summed E-state index contributed by atoms with van der Waals surface area (Å²) in [6.07, 6.45) is 4.74. The van der Waals surface area contributed by atoms with Crippen LogP contribution in [0.3, 0.4) is 0 Å². The van der Waals surface area contributed by atoms with Crippen LogP contribution in [0.15, 0.2) is 66.2 Å². The van der Waals surface area contributed by atoms with Crippen molar-refractivity contribution in [3.63, 3.8) is 0 Å². The third-order valence-electron chi connectivity index (χ3n) is 8.86. The lowest BCUT2D eigenvalue weighted by atomic mass is 9.66. The molecule has 0 spiro atoms. The van der Waals surface area contributed by atoms with E-state index in [0.717, 1.165) is 26.2 Å². The molecule has 0 bridgehead atoms. The van der Waals surface area contributed by atoms with Gasteiger partial charge < -0.3 is 10.6 Å². The summed E-state index contributed by atoms with van der Waals surface area (Å²) in [6.45, 7) is 4.21. The second-order valence-electron chi connectivity index (χ2n) is 10.4. The summed E-state index contributed by atoms with van der Waals surface area (Å²) in [7, 11) is 0. The van der Waals surface area contributed by atoms with E-state index < -0.39 is 0 Å². The Bertz CT molecular complexity index is 980. The number of hydrogen-bond donors (Lipinski definition) is 4. The highest BCUT2D eigenvalue weighted by Gasteiger charge is 2.61. The van der Waals surface area contributed by atoms with Crippen molar-refractivity contribution in [2.75, 3.05) is 26.2 Å². The molecule has 33 heavy (non-hydrogen) atoms. The predicted molar refractivity (Wildman–Crippen MR) is 133 cm³/mol. The maximum Gasteiger partial charge on any atom is 0.0811 e. The number of nitrogens with zero attached hydrogens (tertiary/aromatic N) is 1. The zero-order valence-corrected chi connectivity index (χ0v) is 19.2. The summed E-state index contributed by atoms with van der Waals surface area (Å²) < 4.78 is 0. The highest BCUT2D eigenvalue weighted by molar-refractivity contribution is 5.83. The molecule has 4 saturated heterocycles. The van der Waals surface area contributed by atoms with Crippen LogP contribution in [-0.2, 0) is 0 Å². The smallest absolute Gasteiger partial charge is 0.0811 e. The van der Waals surface area contributed by atoms with E-state index in [1.165, 1.54) is 36.0 Å². The molecular weight excluding hydrogens is 406 g/mol. The van der Waals surface area contributed by atoms with E-state index in [1.807, 2.05) is 0 Å². The van der Waals surface area contributed by atoms with Gasteiger partial charge in [-0.25, -0.2) is 0 Å². The van der Waals surface area contributed by atoms with E-state index in [4.69, 9.17) is 0 Å². The van der Waals surface area contributed by atoms with Crippen molar-refractivity contribution in [3.8, 4) is 0 Å².